The van der Waals surface area contributed by atoms with E-state index in [1.54, 1.807) is 0 Å². The highest BCUT2D eigenvalue weighted by Crippen LogP contribution is 2.21. The summed E-state index contributed by atoms with van der Waals surface area (Å²) in [5, 5.41) is 0. The molecule has 1 heterocycles. The van der Waals surface area contributed by atoms with Crippen molar-refractivity contribution >= 4 is 5.91 Å². The molecule has 1 saturated heterocycles. The molecule has 2 N–H and O–H groups in total. The summed E-state index contributed by atoms with van der Waals surface area (Å²) in [5.74, 6) is 0.753. The van der Waals surface area contributed by atoms with E-state index in [9.17, 15) is 4.79 Å². The van der Waals surface area contributed by atoms with Crippen LogP contribution in [0.25, 0.3) is 0 Å². The molecule has 3 heteroatoms. The van der Waals surface area contributed by atoms with E-state index in [2.05, 4.69) is 6.92 Å². The Bertz CT molecular complexity index is 442. The third-order valence-electron chi connectivity index (χ3n) is 3.90. The van der Waals surface area contributed by atoms with E-state index < -0.39 is 0 Å². The number of nitrogens with two attached hydrogens (primary N) is 1. The van der Waals surface area contributed by atoms with Gasteiger partial charge in [0.05, 0.1) is 0 Å². The van der Waals surface area contributed by atoms with Gasteiger partial charge in [0.2, 0.25) is 0 Å². The number of nitrogens with zero attached hydrogens (tertiary/aromatic N) is 1. The van der Waals surface area contributed by atoms with Gasteiger partial charge in [0.15, 0.2) is 0 Å². The van der Waals surface area contributed by atoms with Crippen LogP contribution in [0.15, 0.2) is 18.2 Å². The maximum atomic E-state index is 12.4. The molecule has 1 fully saturated rings. The van der Waals surface area contributed by atoms with E-state index in [1.165, 1.54) is 11.1 Å². The first kappa shape index (κ1) is 13.1. The molecular weight excluding hydrogens is 224 g/mol. The molecule has 0 spiro atoms. The zero-order chi connectivity index (χ0) is 13.1. The number of rotatable bonds is 3. The van der Waals surface area contributed by atoms with E-state index in [1.807, 2.05) is 30.0 Å². The lowest BCUT2D eigenvalue weighted by Gasteiger charge is -2.17. The van der Waals surface area contributed by atoms with Gasteiger partial charge in [-0.1, -0.05) is 6.07 Å². The lowest BCUT2D eigenvalue weighted by molar-refractivity contribution is 0.0786. The molecule has 3 nitrogen and oxygen atoms in total. The lowest BCUT2D eigenvalue weighted by Crippen LogP contribution is -2.29. The Kier molecular flexibility index (Phi) is 4.02. The second-order valence-electron chi connectivity index (χ2n) is 5.28. The van der Waals surface area contributed by atoms with Gasteiger partial charge in [-0.15, -0.1) is 0 Å². The Morgan fingerprint density at radius 2 is 2.17 bits per heavy atom. The summed E-state index contributed by atoms with van der Waals surface area (Å²) in [6, 6.07) is 5.95. The number of aryl methyl sites for hydroxylation is 2. The van der Waals surface area contributed by atoms with Gasteiger partial charge in [-0.25, -0.2) is 0 Å². The van der Waals surface area contributed by atoms with Gasteiger partial charge in [-0.05, 0) is 62.4 Å². The van der Waals surface area contributed by atoms with Crippen LogP contribution in [-0.4, -0.2) is 30.4 Å². The molecular formula is C15H22N2O. The van der Waals surface area contributed by atoms with Crippen molar-refractivity contribution in [3.8, 4) is 0 Å². The van der Waals surface area contributed by atoms with Crippen LogP contribution < -0.4 is 5.73 Å². The Morgan fingerprint density at radius 3 is 2.83 bits per heavy atom. The van der Waals surface area contributed by atoms with Crippen LogP contribution in [0.3, 0.4) is 0 Å². The SMILES string of the molecule is Cc1ccc(C(=O)N2CCC(CCN)C2)cc1C. The molecule has 1 aromatic carbocycles. The van der Waals surface area contributed by atoms with Crippen molar-refractivity contribution in [1.82, 2.24) is 4.90 Å². The second kappa shape index (κ2) is 5.53. The number of benzene rings is 1. The minimum absolute atomic E-state index is 0.164. The van der Waals surface area contributed by atoms with Crippen LogP contribution in [0.5, 0.6) is 0 Å². The first-order valence-corrected chi connectivity index (χ1v) is 6.68. The fraction of sp³-hybridized carbons (Fsp3) is 0.533. The predicted octanol–water partition coefficient (Wildman–Crippen LogP) is 2.11. The van der Waals surface area contributed by atoms with E-state index in [0.29, 0.717) is 5.92 Å². The maximum Gasteiger partial charge on any atom is 0.253 e. The number of amides is 1. The topological polar surface area (TPSA) is 46.3 Å². The maximum absolute atomic E-state index is 12.4. The monoisotopic (exact) mass is 246 g/mol. The molecule has 1 unspecified atom stereocenters. The molecule has 1 amide bonds. The van der Waals surface area contributed by atoms with Crippen molar-refractivity contribution in [2.24, 2.45) is 11.7 Å². The molecule has 1 aliphatic rings. The normalized spacial score (nSPS) is 19.3. The van der Waals surface area contributed by atoms with Crippen LogP contribution >= 0.6 is 0 Å². The highest BCUT2D eigenvalue weighted by atomic mass is 16.2. The number of carbonyl (C=O) groups excluding carboxylic acids is 1. The minimum atomic E-state index is 0.164. The minimum Gasteiger partial charge on any atom is -0.338 e. The van der Waals surface area contributed by atoms with Gasteiger partial charge in [-0.3, -0.25) is 4.79 Å². The van der Waals surface area contributed by atoms with Crippen molar-refractivity contribution in [3.63, 3.8) is 0 Å². The van der Waals surface area contributed by atoms with E-state index in [-0.39, 0.29) is 5.91 Å². The Hall–Kier alpha value is -1.35. The van der Waals surface area contributed by atoms with Crippen LogP contribution in [0.4, 0.5) is 0 Å². The van der Waals surface area contributed by atoms with Gasteiger partial charge in [0.25, 0.3) is 5.91 Å². The predicted molar refractivity (Wildman–Crippen MR) is 73.6 cm³/mol. The third-order valence-corrected chi connectivity index (χ3v) is 3.90. The van der Waals surface area contributed by atoms with E-state index in [0.717, 1.165) is 38.0 Å². The first-order chi connectivity index (χ1) is 8.61. The molecule has 2 rings (SSSR count). The summed E-state index contributed by atoms with van der Waals surface area (Å²) in [4.78, 5) is 14.3. The van der Waals surface area contributed by atoms with Gasteiger partial charge in [0.1, 0.15) is 0 Å². The second-order valence-corrected chi connectivity index (χ2v) is 5.28. The highest BCUT2D eigenvalue weighted by Gasteiger charge is 2.26. The fourth-order valence-electron chi connectivity index (χ4n) is 2.55. The summed E-state index contributed by atoms with van der Waals surface area (Å²) in [6.45, 7) is 6.57. The number of carbonyl (C=O) groups is 1. The van der Waals surface area contributed by atoms with Crippen LogP contribution in [0.2, 0.25) is 0 Å². The zero-order valence-corrected chi connectivity index (χ0v) is 11.3. The molecule has 98 valence electrons. The van der Waals surface area contributed by atoms with Crippen molar-refractivity contribution < 1.29 is 4.79 Å². The van der Waals surface area contributed by atoms with Crippen molar-refractivity contribution in [2.45, 2.75) is 26.7 Å². The Balaban J connectivity index is 2.05. The van der Waals surface area contributed by atoms with Crippen LogP contribution in [0, 0.1) is 19.8 Å². The summed E-state index contributed by atoms with van der Waals surface area (Å²) < 4.78 is 0. The quantitative estimate of drug-likeness (QED) is 0.888. The van der Waals surface area contributed by atoms with Crippen LogP contribution in [-0.2, 0) is 0 Å². The Labute approximate surface area is 109 Å². The fourth-order valence-corrected chi connectivity index (χ4v) is 2.55. The smallest absolute Gasteiger partial charge is 0.253 e. The summed E-state index contributed by atoms with van der Waals surface area (Å²) in [5.41, 5.74) is 8.80. The summed E-state index contributed by atoms with van der Waals surface area (Å²) >= 11 is 0. The molecule has 18 heavy (non-hydrogen) atoms. The average Bonchev–Trinajstić information content (AvgIpc) is 2.81. The highest BCUT2D eigenvalue weighted by molar-refractivity contribution is 5.94. The van der Waals surface area contributed by atoms with Crippen molar-refractivity contribution in [2.75, 3.05) is 19.6 Å². The third kappa shape index (κ3) is 2.72. The molecule has 0 saturated carbocycles. The largest absolute Gasteiger partial charge is 0.338 e. The molecule has 1 atom stereocenters. The van der Waals surface area contributed by atoms with E-state index >= 15 is 0 Å². The summed E-state index contributed by atoms with van der Waals surface area (Å²) in [7, 11) is 0. The lowest BCUT2D eigenvalue weighted by atomic mass is 10.0. The van der Waals surface area contributed by atoms with Crippen molar-refractivity contribution in [1.29, 1.82) is 0 Å². The van der Waals surface area contributed by atoms with E-state index in [4.69, 9.17) is 5.73 Å². The number of hydrogen-bond donors (Lipinski definition) is 1. The molecule has 0 aromatic heterocycles. The van der Waals surface area contributed by atoms with Gasteiger partial charge >= 0.3 is 0 Å². The summed E-state index contributed by atoms with van der Waals surface area (Å²) in [6.07, 6.45) is 2.12. The molecule has 1 aromatic rings. The zero-order valence-electron chi connectivity index (χ0n) is 11.3. The molecule has 0 bridgehead atoms. The standard InChI is InChI=1S/C15H22N2O/c1-11-3-4-14(9-12(11)2)15(18)17-8-6-13(10-17)5-7-16/h3-4,9,13H,5-8,10,16H2,1-2H3. The molecule has 0 radical (unpaired) electrons. The van der Waals surface area contributed by atoms with Crippen LogP contribution in [0.1, 0.15) is 34.3 Å². The average molecular weight is 246 g/mol. The number of likely N-dealkylation sites (tertiary alicyclic amines) is 1. The Morgan fingerprint density at radius 1 is 1.39 bits per heavy atom. The molecule has 1 aliphatic heterocycles. The molecule has 0 aliphatic carbocycles. The number of hydrogen-bond acceptors (Lipinski definition) is 2. The van der Waals surface area contributed by atoms with Gasteiger partial charge < -0.3 is 10.6 Å². The van der Waals surface area contributed by atoms with Gasteiger partial charge in [0, 0.05) is 18.7 Å². The van der Waals surface area contributed by atoms with Gasteiger partial charge in [-0.2, -0.15) is 0 Å². The first-order valence-electron chi connectivity index (χ1n) is 6.68. The van der Waals surface area contributed by atoms with Crippen molar-refractivity contribution in [3.05, 3.63) is 34.9 Å².